The minimum atomic E-state index is -2.17. The molecule has 1 saturated heterocycles. The third-order valence-electron chi connectivity index (χ3n) is 4.59. The van der Waals surface area contributed by atoms with Gasteiger partial charge in [-0.25, -0.2) is 14.9 Å². The molecule has 1 aromatic rings. The molecule has 150 valence electrons. The number of carbonyl (C=O) groups excluding carboxylic acids is 3. The fourth-order valence-corrected chi connectivity index (χ4v) is 3.87. The van der Waals surface area contributed by atoms with E-state index in [1.165, 1.54) is 21.7 Å². The Labute approximate surface area is 161 Å². The number of rotatable bonds is 8. The molecule has 0 radical (unpaired) electrons. The molecular formula is C17H25FN4O4S. The van der Waals surface area contributed by atoms with Gasteiger partial charge < -0.3 is 10.2 Å². The monoisotopic (exact) mass is 400 g/mol. The number of halogens is 1. The summed E-state index contributed by atoms with van der Waals surface area (Å²) < 4.78 is 14.4. The molecule has 1 aromatic heterocycles. The van der Waals surface area contributed by atoms with Crippen LogP contribution in [0.1, 0.15) is 44.7 Å². The maximum atomic E-state index is 14.4. The van der Waals surface area contributed by atoms with Gasteiger partial charge in [-0.2, -0.15) is 0 Å². The van der Waals surface area contributed by atoms with Crippen molar-refractivity contribution < 1.29 is 24.0 Å². The van der Waals surface area contributed by atoms with Crippen molar-refractivity contribution in [2.75, 3.05) is 11.9 Å². The SMILES string of the molecule is CCCC[C@@H](C(=O)N1CCCC1C(=O)Nc1nc(C)cs1)[C@H](F)C(=O)NO. The first kappa shape index (κ1) is 21.2. The number of aromatic nitrogens is 1. The van der Waals surface area contributed by atoms with E-state index in [4.69, 9.17) is 5.21 Å². The number of hydrogen-bond acceptors (Lipinski definition) is 6. The lowest BCUT2D eigenvalue weighted by Crippen LogP contribution is -2.49. The third-order valence-corrected chi connectivity index (χ3v) is 5.46. The zero-order valence-electron chi connectivity index (χ0n) is 15.4. The second-order valence-corrected chi connectivity index (χ2v) is 7.46. The molecule has 8 nitrogen and oxygen atoms in total. The Bertz CT molecular complexity index is 684. The molecule has 10 heteroatoms. The Morgan fingerprint density at radius 2 is 2.22 bits per heavy atom. The van der Waals surface area contributed by atoms with Crippen molar-refractivity contribution in [1.29, 1.82) is 0 Å². The molecule has 1 unspecified atom stereocenters. The molecule has 0 bridgehead atoms. The number of alkyl halides is 1. The molecule has 2 heterocycles. The average Bonchev–Trinajstić information content (AvgIpc) is 3.29. The fraction of sp³-hybridized carbons (Fsp3) is 0.647. The number of nitrogens with one attached hydrogen (secondary N) is 2. The molecule has 0 saturated carbocycles. The number of nitrogens with zero attached hydrogens (tertiary/aromatic N) is 2. The number of hydroxylamine groups is 1. The molecule has 1 fully saturated rings. The molecule has 0 aromatic carbocycles. The summed E-state index contributed by atoms with van der Waals surface area (Å²) in [4.78, 5) is 42.5. The fourth-order valence-electron chi connectivity index (χ4n) is 3.18. The minimum absolute atomic E-state index is 0.167. The van der Waals surface area contributed by atoms with Crippen LogP contribution in [0.5, 0.6) is 0 Å². The lowest BCUT2D eigenvalue weighted by atomic mass is 9.94. The second-order valence-electron chi connectivity index (χ2n) is 6.60. The number of amides is 3. The maximum Gasteiger partial charge on any atom is 0.278 e. The van der Waals surface area contributed by atoms with Gasteiger partial charge in [0.2, 0.25) is 11.8 Å². The summed E-state index contributed by atoms with van der Waals surface area (Å²) in [7, 11) is 0. The summed E-state index contributed by atoms with van der Waals surface area (Å²) in [6.07, 6.45) is 0.361. The summed E-state index contributed by atoms with van der Waals surface area (Å²) in [5.74, 6) is -3.42. The number of unbranched alkanes of at least 4 members (excludes halogenated alkanes) is 1. The highest BCUT2D eigenvalue weighted by atomic mass is 32.1. The predicted octanol–water partition coefficient (Wildman–Crippen LogP) is 2.03. The van der Waals surface area contributed by atoms with Crippen molar-refractivity contribution in [3.63, 3.8) is 0 Å². The van der Waals surface area contributed by atoms with Crippen LogP contribution in [0.3, 0.4) is 0 Å². The van der Waals surface area contributed by atoms with Crippen molar-refractivity contribution >= 4 is 34.2 Å². The predicted molar refractivity (Wildman–Crippen MR) is 98.1 cm³/mol. The number of hydrogen-bond donors (Lipinski definition) is 3. The first-order valence-electron chi connectivity index (χ1n) is 9.00. The molecular weight excluding hydrogens is 375 g/mol. The van der Waals surface area contributed by atoms with E-state index in [0.29, 0.717) is 30.9 Å². The summed E-state index contributed by atoms with van der Waals surface area (Å²) in [6, 6.07) is -0.727. The first-order chi connectivity index (χ1) is 12.9. The maximum absolute atomic E-state index is 14.4. The van der Waals surface area contributed by atoms with Gasteiger partial charge >= 0.3 is 0 Å². The lowest BCUT2D eigenvalue weighted by Gasteiger charge is -2.29. The summed E-state index contributed by atoms with van der Waals surface area (Å²) in [5.41, 5.74) is 2.05. The van der Waals surface area contributed by atoms with Gasteiger partial charge in [0.1, 0.15) is 6.04 Å². The van der Waals surface area contributed by atoms with Gasteiger partial charge in [-0.1, -0.05) is 19.8 Å². The first-order valence-corrected chi connectivity index (χ1v) is 9.88. The van der Waals surface area contributed by atoms with Crippen molar-refractivity contribution in [3.8, 4) is 0 Å². The summed E-state index contributed by atoms with van der Waals surface area (Å²) in [5, 5.41) is 13.6. The number of thiazole rings is 1. The van der Waals surface area contributed by atoms with Crippen LogP contribution in [0.2, 0.25) is 0 Å². The molecule has 2 rings (SSSR count). The Kier molecular flexibility index (Phi) is 7.66. The van der Waals surface area contributed by atoms with Crippen molar-refractivity contribution in [2.45, 2.75) is 58.2 Å². The minimum Gasteiger partial charge on any atom is -0.330 e. The third kappa shape index (κ3) is 5.23. The zero-order valence-corrected chi connectivity index (χ0v) is 16.2. The highest BCUT2D eigenvalue weighted by Gasteiger charge is 2.41. The van der Waals surface area contributed by atoms with Gasteiger partial charge in [-0.05, 0) is 26.2 Å². The van der Waals surface area contributed by atoms with Crippen LogP contribution in [0.15, 0.2) is 5.38 Å². The van der Waals surface area contributed by atoms with Gasteiger partial charge in [-0.15, -0.1) is 11.3 Å². The van der Waals surface area contributed by atoms with Gasteiger partial charge in [0, 0.05) is 11.9 Å². The Morgan fingerprint density at radius 1 is 1.48 bits per heavy atom. The zero-order chi connectivity index (χ0) is 20.0. The van der Waals surface area contributed by atoms with Crippen LogP contribution in [0.25, 0.3) is 0 Å². The van der Waals surface area contributed by atoms with Crippen LogP contribution < -0.4 is 10.8 Å². The average molecular weight is 400 g/mol. The van der Waals surface area contributed by atoms with E-state index in [-0.39, 0.29) is 12.3 Å². The largest absolute Gasteiger partial charge is 0.330 e. The van der Waals surface area contributed by atoms with Crippen molar-refractivity contribution in [2.24, 2.45) is 5.92 Å². The van der Waals surface area contributed by atoms with Crippen LogP contribution in [0, 0.1) is 12.8 Å². The highest BCUT2D eigenvalue weighted by Crippen LogP contribution is 2.26. The summed E-state index contributed by atoms with van der Waals surface area (Å²) >= 11 is 1.29. The number of likely N-dealkylation sites (tertiary alicyclic amines) is 1. The van der Waals surface area contributed by atoms with Crippen LogP contribution >= 0.6 is 11.3 Å². The van der Waals surface area contributed by atoms with Crippen LogP contribution in [-0.2, 0) is 14.4 Å². The molecule has 3 N–H and O–H groups in total. The molecule has 1 aliphatic heterocycles. The van der Waals surface area contributed by atoms with E-state index in [2.05, 4.69) is 10.3 Å². The van der Waals surface area contributed by atoms with Crippen molar-refractivity contribution in [3.05, 3.63) is 11.1 Å². The number of anilines is 1. The molecule has 27 heavy (non-hydrogen) atoms. The van der Waals surface area contributed by atoms with E-state index >= 15 is 0 Å². The van der Waals surface area contributed by atoms with E-state index in [1.54, 1.807) is 5.38 Å². The Morgan fingerprint density at radius 3 is 2.81 bits per heavy atom. The van der Waals surface area contributed by atoms with E-state index in [9.17, 15) is 18.8 Å². The Hall–Kier alpha value is -2.07. The summed E-state index contributed by atoms with van der Waals surface area (Å²) in [6.45, 7) is 4.02. The van der Waals surface area contributed by atoms with Gasteiger partial charge in [-0.3, -0.25) is 19.6 Å². The molecule has 3 atom stereocenters. The van der Waals surface area contributed by atoms with Gasteiger partial charge in [0.15, 0.2) is 11.3 Å². The molecule has 0 spiro atoms. The Balaban J connectivity index is 2.12. The van der Waals surface area contributed by atoms with E-state index in [1.807, 2.05) is 13.8 Å². The van der Waals surface area contributed by atoms with Crippen LogP contribution in [0.4, 0.5) is 9.52 Å². The smallest absolute Gasteiger partial charge is 0.278 e. The molecule has 3 amide bonds. The van der Waals surface area contributed by atoms with E-state index in [0.717, 1.165) is 12.1 Å². The standard InChI is InChI=1S/C17H25FN4O4S/c1-3-4-6-11(13(18)15(24)21-26)16(25)22-8-5-7-12(22)14(23)20-17-19-10(2)9-27-17/h9,11-13,26H,3-8H2,1-2H3,(H,21,24)(H,19,20,23)/t11-,12?,13+/m1/s1. The van der Waals surface area contributed by atoms with Crippen molar-refractivity contribution in [1.82, 2.24) is 15.4 Å². The van der Waals surface area contributed by atoms with Gasteiger partial charge in [0.05, 0.1) is 11.6 Å². The lowest BCUT2D eigenvalue weighted by molar-refractivity contribution is -0.148. The second kappa shape index (κ2) is 9.75. The van der Waals surface area contributed by atoms with Crippen LogP contribution in [-0.4, -0.2) is 51.6 Å². The van der Waals surface area contributed by atoms with E-state index < -0.39 is 29.9 Å². The number of carbonyl (C=O) groups is 3. The quantitative estimate of drug-likeness (QED) is 0.457. The highest BCUT2D eigenvalue weighted by molar-refractivity contribution is 7.13. The topological polar surface area (TPSA) is 112 Å². The molecule has 0 aliphatic carbocycles. The van der Waals surface area contributed by atoms with Gasteiger partial charge in [0.25, 0.3) is 5.91 Å². The number of aryl methyl sites for hydroxylation is 1. The molecule has 1 aliphatic rings. The normalized spacial score (nSPS) is 18.8.